The van der Waals surface area contributed by atoms with Crippen LogP contribution >= 0.6 is 23.2 Å². The number of nitrogens with one attached hydrogen (secondary N) is 1. The molecule has 1 rings (SSSR count). The van der Waals surface area contributed by atoms with Crippen LogP contribution in [0.4, 0.5) is 13.2 Å². The van der Waals surface area contributed by atoms with Crippen molar-refractivity contribution in [1.29, 1.82) is 0 Å². The Kier molecular flexibility index (Phi) is 5.10. The molecule has 17 heavy (non-hydrogen) atoms. The molecule has 0 amide bonds. The molecular formula is C11H12Cl2F3N. The first-order valence-electron chi connectivity index (χ1n) is 5.02. The quantitative estimate of drug-likeness (QED) is 0.863. The van der Waals surface area contributed by atoms with Gasteiger partial charge in [0.2, 0.25) is 0 Å². The second kappa shape index (κ2) is 5.94. The summed E-state index contributed by atoms with van der Waals surface area (Å²) in [5.41, 5.74) is 0.688. The highest BCUT2D eigenvalue weighted by molar-refractivity contribution is 6.33. The molecule has 0 aliphatic heterocycles. The zero-order valence-electron chi connectivity index (χ0n) is 9.11. The van der Waals surface area contributed by atoms with Gasteiger partial charge in [0.1, 0.15) is 0 Å². The first-order valence-corrected chi connectivity index (χ1v) is 5.77. The number of benzene rings is 1. The van der Waals surface area contributed by atoms with Crippen molar-refractivity contribution in [2.75, 3.05) is 0 Å². The van der Waals surface area contributed by atoms with E-state index in [0.717, 1.165) is 0 Å². The van der Waals surface area contributed by atoms with Crippen molar-refractivity contribution < 1.29 is 13.2 Å². The topological polar surface area (TPSA) is 12.0 Å². The van der Waals surface area contributed by atoms with Gasteiger partial charge in [-0.2, -0.15) is 13.2 Å². The van der Waals surface area contributed by atoms with Gasteiger partial charge in [0, 0.05) is 22.6 Å². The van der Waals surface area contributed by atoms with Crippen LogP contribution in [0.25, 0.3) is 0 Å². The Morgan fingerprint density at radius 1 is 1.29 bits per heavy atom. The van der Waals surface area contributed by atoms with Crippen LogP contribution in [-0.4, -0.2) is 12.2 Å². The van der Waals surface area contributed by atoms with Gasteiger partial charge in [0.25, 0.3) is 0 Å². The molecule has 0 aromatic heterocycles. The number of halogens is 5. The molecule has 0 spiro atoms. The summed E-state index contributed by atoms with van der Waals surface area (Å²) >= 11 is 11.7. The minimum Gasteiger partial charge on any atom is -0.310 e. The molecule has 0 heterocycles. The predicted molar refractivity (Wildman–Crippen MR) is 63.4 cm³/mol. The number of hydrogen-bond acceptors (Lipinski definition) is 1. The summed E-state index contributed by atoms with van der Waals surface area (Å²) in [6, 6.07) is 4.23. The maximum absolute atomic E-state index is 12.1. The Hall–Kier alpha value is -0.450. The van der Waals surface area contributed by atoms with E-state index in [2.05, 4.69) is 5.32 Å². The Morgan fingerprint density at radius 2 is 1.94 bits per heavy atom. The first-order chi connectivity index (χ1) is 7.78. The van der Waals surface area contributed by atoms with Crippen LogP contribution in [0, 0.1) is 0 Å². The highest BCUT2D eigenvalue weighted by Crippen LogP contribution is 2.23. The maximum Gasteiger partial charge on any atom is 0.390 e. The molecule has 1 nitrogen and oxygen atoms in total. The Balaban J connectivity index is 2.53. The van der Waals surface area contributed by atoms with E-state index in [9.17, 15) is 13.2 Å². The molecule has 0 fully saturated rings. The Morgan fingerprint density at radius 3 is 2.53 bits per heavy atom. The maximum atomic E-state index is 12.1. The van der Waals surface area contributed by atoms with Gasteiger partial charge in [-0.15, -0.1) is 0 Å². The smallest absolute Gasteiger partial charge is 0.310 e. The minimum absolute atomic E-state index is 0.261. The van der Waals surface area contributed by atoms with Gasteiger partial charge in [0.15, 0.2) is 0 Å². The SMILES string of the molecule is CC(CC(F)(F)F)NCc1cc(Cl)ccc1Cl. The van der Waals surface area contributed by atoms with Crippen LogP contribution in [0.2, 0.25) is 10.0 Å². The fourth-order valence-electron chi connectivity index (χ4n) is 1.38. The summed E-state index contributed by atoms with van der Waals surface area (Å²) in [7, 11) is 0. The molecule has 1 N–H and O–H groups in total. The molecule has 0 bridgehead atoms. The lowest BCUT2D eigenvalue weighted by atomic mass is 10.2. The molecule has 0 radical (unpaired) electrons. The average Bonchev–Trinajstić information content (AvgIpc) is 2.17. The summed E-state index contributed by atoms with van der Waals surface area (Å²) in [5.74, 6) is 0. The minimum atomic E-state index is -4.16. The third-order valence-corrected chi connectivity index (χ3v) is 2.79. The number of alkyl halides is 3. The van der Waals surface area contributed by atoms with E-state index >= 15 is 0 Å². The van der Waals surface area contributed by atoms with Crippen LogP contribution in [0.1, 0.15) is 18.9 Å². The van der Waals surface area contributed by atoms with Gasteiger partial charge in [-0.05, 0) is 30.7 Å². The Labute approximate surface area is 108 Å². The lowest BCUT2D eigenvalue weighted by molar-refractivity contribution is -0.139. The monoisotopic (exact) mass is 285 g/mol. The lowest BCUT2D eigenvalue weighted by Crippen LogP contribution is -2.30. The highest BCUT2D eigenvalue weighted by Gasteiger charge is 2.29. The van der Waals surface area contributed by atoms with Crippen LogP contribution in [-0.2, 0) is 6.54 Å². The van der Waals surface area contributed by atoms with Gasteiger partial charge in [-0.3, -0.25) is 0 Å². The van der Waals surface area contributed by atoms with Gasteiger partial charge < -0.3 is 5.32 Å². The molecule has 0 aliphatic rings. The summed E-state index contributed by atoms with van der Waals surface area (Å²) < 4.78 is 36.3. The molecule has 0 saturated carbocycles. The van der Waals surface area contributed by atoms with E-state index in [-0.39, 0.29) is 6.54 Å². The van der Waals surface area contributed by atoms with E-state index in [1.807, 2.05) is 0 Å². The zero-order chi connectivity index (χ0) is 13.1. The molecule has 96 valence electrons. The van der Waals surface area contributed by atoms with Crippen LogP contribution in [0.15, 0.2) is 18.2 Å². The molecule has 0 aliphatic carbocycles. The molecule has 0 saturated heterocycles. The fraction of sp³-hybridized carbons (Fsp3) is 0.455. The normalized spacial score (nSPS) is 13.8. The van der Waals surface area contributed by atoms with Crippen molar-refractivity contribution >= 4 is 23.2 Å². The second-order valence-electron chi connectivity index (χ2n) is 3.84. The number of rotatable bonds is 4. The van der Waals surface area contributed by atoms with Crippen molar-refractivity contribution in [2.45, 2.75) is 32.1 Å². The summed E-state index contributed by atoms with van der Waals surface area (Å²) in [5, 5.41) is 3.76. The third kappa shape index (κ3) is 5.61. The van der Waals surface area contributed by atoms with E-state index < -0.39 is 18.6 Å². The molecule has 6 heteroatoms. The summed E-state index contributed by atoms with van der Waals surface area (Å²) in [6.07, 6.45) is -5.03. The van der Waals surface area contributed by atoms with Crippen LogP contribution < -0.4 is 5.32 Å². The van der Waals surface area contributed by atoms with Gasteiger partial charge in [-0.25, -0.2) is 0 Å². The van der Waals surface area contributed by atoms with Crippen LogP contribution in [0.3, 0.4) is 0 Å². The second-order valence-corrected chi connectivity index (χ2v) is 4.68. The largest absolute Gasteiger partial charge is 0.390 e. The van der Waals surface area contributed by atoms with Crippen molar-refractivity contribution in [3.63, 3.8) is 0 Å². The zero-order valence-corrected chi connectivity index (χ0v) is 10.6. The van der Waals surface area contributed by atoms with Crippen molar-refractivity contribution in [1.82, 2.24) is 5.32 Å². The standard InChI is InChI=1S/C11H12Cl2F3N/c1-7(5-11(14,15)16)17-6-8-4-9(12)2-3-10(8)13/h2-4,7,17H,5-6H2,1H3. The predicted octanol–water partition coefficient (Wildman–Crippen LogP) is 4.42. The van der Waals surface area contributed by atoms with Crippen molar-refractivity contribution in [3.05, 3.63) is 33.8 Å². The van der Waals surface area contributed by atoms with E-state index in [4.69, 9.17) is 23.2 Å². The van der Waals surface area contributed by atoms with E-state index in [1.165, 1.54) is 6.92 Å². The molecular weight excluding hydrogens is 274 g/mol. The van der Waals surface area contributed by atoms with E-state index in [0.29, 0.717) is 15.6 Å². The van der Waals surface area contributed by atoms with Gasteiger partial charge in [-0.1, -0.05) is 23.2 Å². The average molecular weight is 286 g/mol. The van der Waals surface area contributed by atoms with Crippen molar-refractivity contribution in [2.24, 2.45) is 0 Å². The fourth-order valence-corrected chi connectivity index (χ4v) is 1.76. The van der Waals surface area contributed by atoms with Crippen molar-refractivity contribution in [3.8, 4) is 0 Å². The Bertz CT molecular complexity index is 379. The number of hydrogen-bond donors (Lipinski definition) is 1. The molecule has 1 aromatic carbocycles. The summed E-state index contributed by atoms with van der Waals surface area (Å²) in [4.78, 5) is 0. The third-order valence-electron chi connectivity index (χ3n) is 2.19. The van der Waals surface area contributed by atoms with Gasteiger partial charge in [0.05, 0.1) is 6.42 Å². The molecule has 1 unspecified atom stereocenters. The summed E-state index contributed by atoms with van der Waals surface area (Å²) in [6.45, 7) is 1.74. The molecule has 1 aromatic rings. The van der Waals surface area contributed by atoms with Gasteiger partial charge >= 0.3 is 6.18 Å². The van der Waals surface area contributed by atoms with E-state index in [1.54, 1.807) is 18.2 Å². The first kappa shape index (κ1) is 14.6. The lowest BCUT2D eigenvalue weighted by Gasteiger charge is -2.16. The highest BCUT2D eigenvalue weighted by atomic mass is 35.5. The van der Waals surface area contributed by atoms with Crippen LogP contribution in [0.5, 0.6) is 0 Å². The molecule has 1 atom stereocenters.